The van der Waals surface area contributed by atoms with E-state index < -0.39 is 18.1 Å². The first-order valence-electron chi connectivity index (χ1n) is 8.14. The third kappa shape index (κ3) is 3.45. The van der Waals surface area contributed by atoms with Crippen molar-refractivity contribution >= 4 is 11.8 Å². The van der Waals surface area contributed by atoms with Crippen molar-refractivity contribution in [1.29, 1.82) is 0 Å². The number of hydrogen-bond donors (Lipinski definition) is 3. The quantitative estimate of drug-likeness (QED) is 0.442. The van der Waals surface area contributed by atoms with Crippen LogP contribution in [0.1, 0.15) is 34.0 Å². The number of aliphatic hydroxyl groups excluding tert-OH is 1. The predicted molar refractivity (Wildman–Crippen MR) is 94.1 cm³/mol. The van der Waals surface area contributed by atoms with Crippen molar-refractivity contribution in [3.8, 4) is 11.8 Å². The van der Waals surface area contributed by atoms with E-state index in [0.29, 0.717) is 5.56 Å². The van der Waals surface area contributed by atoms with Crippen LogP contribution in [-0.4, -0.2) is 39.2 Å². The van der Waals surface area contributed by atoms with E-state index in [2.05, 4.69) is 11.8 Å². The summed E-state index contributed by atoms with van der Waals surface area (Å²) in [4.78, 5) is 25.6. The molecule has 2 atom stereocenters. The van der Waals surface area contributed by atoms with Crippen LogP contribution in [0.3, 0.4) is 0 Å². The lowest BCUT2D eigenvalue weighted by Gasteiger charge is -2.27. The molecule has 1 aliphatic rings. The van der Waals surface area contributed by atoms with E-state index in [1.165, 1.54) is 17.3 Å². The van der Waals surface area contributed by atoms with E-state index in [-0.39, 0.29) is 12.5 Å². The Morgan fingerprint density at radius 2 is 1.85 bits per heavy atom. The van der Waals surface area contributed by atoms with E-state index in [1.54, 1.807) is 18.2 Å². The zero-order valence-electron chi connectivity index (χ0n) is 14.1. The predicted octanol–water partition coefficient (Wildman–Crippen LogP) is 1.30. The van der Waals surface area contributed by atoms with Crippen molar-refractivity contribution in [1.82, 2.24) is 10.4 Å². The standard InChI is InChI=1S/C20H18N2O4/c1-13(23)18(19(24)21-26)22-12-16-11-15(9-10-17(16)20(22)25)8-7-14-5-3-2-4-6-14/h2-6,9-11,13,18,23,26H,12H2,1H3,(H,21,24)/t13-,18+/m1/s1. The lowest BCUT2D eigenvalue weighted by molar-refractivity contribution is -0.137. The van der Waals surface area contributed by atoms with Crippen molar-refractivity contribution in [2.75, 3.05) is 0 Å². The average Bonchev–Trinajstić information content (AvgIpc) is 2.96. The minimum atomic E-state index is -1.17. The molecule has 1 heterocycles. The van der Waals surface area contributed by atoms with Crippen LogP contribution < -0.4 is 5.48 Å². The average molecular weight is 350 g/mol. The maximum absolute atomic E-state index is 12.6. The fourth-order valence-corrected chi connectivity index (χ4v) is 3.00. The Kier molecular flexibility index (Phi) is 5.03. The normalized spacial score (nSPS) is 14.9. The first-order chi connectivity index (χ1) is 12.5. The summed E-state index contributed by atoms with van der Waals surface area (Å²) in [5, 5.41) is 18.7. The Bertz CT molecular complexity index is 897. The molecule has 2 aromatic rings. The van der Waals surface area contributed by atoms with Gasteiger partial charge in [-0.3, -0.25) is 14.8 Å². The molecule has 2 amide bonds. The first-order valence-corrected chi connectivity index (χ1v) is 8.14. The van der Waals surface area contributed by atoms with Gasteiger partial charge < -0.3 is 10.0 Å². The number of carbonyl (C=O) groups is 2. The number of nitrogens with zero attached hydrogens (tertiary/aromatic N) is 1. The summed E-state index contributed by atoms with van der Waals surface area (Å²) < 4.78 is 0. The lowest BCUT2D eigenvalue weighted by atomic mass is 10.1. The van der Waals surface area contributed by atoms with Gasteiger partial charge in [0.2, 0.25) is 0 Å². The monoisotopic (exact) mass is 350 g/mol. The number of nitrogens with one attached hydrogen (secondary N) is 1. The van der Waals surface area contributed by atoms with Crippen molar-refractivity contribution < 1.29 is 19.9 Å². The zero-order valence-corrected chi connectivity index (χ0v) is 14.1. The van der Waals surface area contributed by atoms with Crippen LogP contribution in [0.15, 0.2) is 48.5 Å². The van der Waals surface area contributed by atoms with Crippen LogP contribution >= 0.6 is 0 Å². The second-order valence-corrected chi connectivity index (χ2v) is 6.08. The molecule has 0 saturated carbocycles. The van der Waals surface area contributed by atoms with Crippen LogP contribution in [0.4, 0.5) is 0 Å². The van der Waals surface area contributed by atoms with Crippen LogP contribution in [0, 0.1) is 11.8 Å². The number of amides is 2. The molecule has 3 rings (SSSR count). The number of hydrogen-bond acceptors (Lipinski definition) is 4. The summed E-state index contributed by atoms with van der Waals surface area (Å²) in [5.41, 5.74) is 4.34. The van der Waals surface area contributed by atoms with Gasteiger partial charge in [0.15, 0.2) is 0 Å². The smallest absolute Gasteiger partial charge is 0.268 e. The van der Waals surface area contributed by atoms with Crippen LogP contribution in [0.2, 0.25) is 0 Å². The maximum atomic E-state index is 12.6. The van der Waals surface area contributed by atoms with Crippen LogP contribution in [0.25, 0.3) is 0 Å². The maximum Gasteiger partial charge on any atom is 0.268 e. The van der Waals surface area contributed by atoms with Gasteiger partial charge in [-0.2, -0.15) is 0 Å². The number of benzene rings is 2. The van der Waals surface area contributed by atoms with E-state index in [1.807, 2.05) is 30.3 Å². The molecule has 6 nitrogen and oxygen atoms in total. The Labute approximate surface area is 151 Å². The fraction of sp³-hybridized carbons (Fsp3) is 0.200. The highest BCUT2D eigenvalue weighted by atomic mass is 16.5. The van der Waals surface area contributed by atoms with Gasteiger partial charge in [0.1, 0.15) is 6.04 Å². The molecule has 1 aliphatic heterocycles. The minimum Gasteiger partial charge on any atom is -0.391 e. The van der Waals surface area contributed by atoms with Gasteiger partial charge in [-0.05, 0) is 42.8 Å². The number of carbonyl (C=O) groups excluding carboxylic acids is 2. The van der Waals surface area contributed by atoms with E-state index in [9.17, 15) is 14.7 Å². The van der Waals surface area contributed by atoms with Gasteiger partial charge in [0.05, 0.1) is 6.10 Å². The Morgan fingerprint density at radius 3 is 2.50 bits per heavy atom. The highest BCUT2D eigenvalue weighted by Crippen LogP contribution is 2.26. The van der Waals surface area contributed by atoms with Gasteiger partial charge in [0, 0.05) is 23.2 Å². The van der Waals surface area contributed by atoms with Gasteiger partial charge in [0.25, 0.3) is 11.8 Å². The topological polar surface area (TPSA) is 89.9 Å². The van der Waals surface area contributed by atoms with Gasteiger partial charge in [-0.1, -0.05) is 30.0 Å². The fourth-order valence-electron chi connectivity index (χ4n) is 3.00. The van der Waals surface area contributed by atoms with Crippen molar-refractivity contribution in [3.63, 3.8) is 0 Å². The molecule has 0 aliphatic carbocycles. The van der Waals surface area contributed by atoms with Gasteiger partial charge in [-0.25, -0.2) is 5.48 Å². The van der Waals surface area contributed by atoms with Crippen LogP contribution in [-0.2, 0) is 11.3 Å². The molecule has 26 heavy (non-hydrogen) atoms. The van der Waals surface area contributed by atoms with Gasteiger partial charge in [-0.15, -0.1) is 0 Å². The Morgan fingerprint density at radius 1 is 1.15 bits per heavy atom. The lowest BCUT2D eigenvalue weighted by Crippen LogP contribution is -2.52. The highest BCUT2D eigenvalue weighted by molar-refractivity contribution is 6.01. The van der Waals surface area contributed by atoms with Gasteiger partial charge >= 0.3 is 0 Å². The van der Waals surface area contributed by atoms with Crippen LogP contribution in [0.5, 0.6) is 0 Å². The van der Waals surface area contributed by atoms with Crippen molar-refractivity contribution in [2.24, 2.45) is 0 Å². The Balaban J connectivity index is 1.87. The second kappa shape index (κ2) is 7.40. The molecule has 0 fully saturated rings. The molecule has 0 spiro atoms. The number of rotatable bonds is 3. The molecule has 0 aromatic heterocycles. The van der Waals surface area contributed by atoms with E-state index in [4.69, 9.17) is 5.21 Å². The van der Waals surface area contributed by atoms with Crippen molar-refractivity contribution in [3.05, 3.63) is 70.8 Å². The second-order valence-electron chi connectivity index (χ2n) is 6.08. The molecule has 3 N–H and O–H groups in total. The van der Waals surface area contributed by atoms with Crippen molar-refractivity contribution in [2.45, 2.75) is 25.6 Å². The molecule has 6 heteroatoms. The van der Waals surface area contributed by atoms with E-state index in [0.717, 1.165) is 16.7 Å². The summed E-state index contributed by atoms with van der Waals surface area (Å²) in [5.74, 6) is 4.92. The largest absolute Gasteiger partial charge is 0.391 e. The molecule has 2 aromatic carbocycles. The summed E-state index contributed by atoms with van der Waals surface area (Å²) in [6, 6.07) is 13.6. The molecular weight excluding hydrogens is 332 g/mol. The molecule has 0 saturated heterocycles. The third-order valence-corrected chi connectivity index (χ3v) is 4.23. The summed E-state index contributed by atoms with van der Waals surface area (Å²) in [6.07, 6.45) is -1.13. The summed E-state index contributed by atoms with van der Waals surface area (Å²) >= 11 is 0. The summed E-state index contributed by atoms with van der Waals surface area (Å²) in [7, 11) is 0. The molecular formula is C20H18N2O4. The first kappa shape index (κ1) is 17.7. The number of aliphatic hydroxyl groups is 1. The Hall–Kier alpha value is -3.14. The van der Waals surface area contributed by atoms with E-state index >= 15 is 0 Å². The zero-order chi connectivity index (χ0) is 18.7. The third-order valence-electron chi connectivity index (χ3n) is 4.23. The molecule has 0 bridgehead atoms. The number of fused-ring (bicyclic) bond motifs is 1. The molecule has 132 valence electrons. The minimum absolute atomic E-state index is 0.165. The molecule has 0 radical (unpaired) electrons. The summed E-state index contributed by atoms with van der Waals surface area (Å²) in [6.45, 7) is 1.56. The highest BCUT2D eigenvalue weighted by Gasteiger charge is 2.38. The number of hydroxylamine groups is 1. The SMILES string of the molecule is C[C@@H](O)[C@@H](C(=O)NO)N1Cc2cc(C#Cc3ccccc3)ccc2C1=O. The molecule has 0 unspecified atom stereocenters.